The number of aliphatic hydroxyl groups is 1. The van der Waals surface area contributed by atoms with Gasteiger partial charge >= 0.3 is 0 Å². The molecule has 106 valence electrons. The van der Waals surface area contributed by atoms with Crippen LogP contribution < -0.4 is 10.5 Å². The summed E-state index contributed by atoms with van der Waals surface area (Å²) in [5.41, 5.74) is 0.884. The van der Waals surface area contributed by atoms with Crippen molar-refractivity contribution in [1.29, 1.82) is 0 Å². The van der Waals surface area contributed by atoms with E-state index in [9.17, 15) is 13.2 Å². The monoisotopic (exact) mass is 286 g/mol. The third kappa shape index (κ3) is 4.98. The van der Waals surface area contributed by atoms with Crippen LogP contribution in [0, 0.1) is 6.92 Å². The molecule has 7 heteroatoms. The zero-order valence-electron chi connectivity index (χ0n) is 10.9. The predicted octanol–water partition coefficient (Wildman–Crippen LogP) is 0.742. The zero-order valence-corrected chi connectivity index (χ0v) is 11.7. The average molecular weight is 286 g/mol. The van der Waals surface area contributed by atoms with Gasteiger partial charge in [0.1, 0.15) is 0 Å². The van der Waals surface area contributed by atoms with Crippen LogP contribution in [0.15, 0.2) is 23.1 Å². The number of amides is 1. The first kappa shape index (κ1) is 15.6. The van der Waals surface area contributed by atoms with Crippen molar-refractivity contribution in [1.82, 2.24) is 0 Å². The summed E-state index contributed by atoms with van der Waals surface area (Å²) in [6.45, 7) is 3.22. The first-order valence-corrected chi connectivity index (χ1v) is 7.36. The van der Waals surface area contributed by atoms with Crippen molar-refractivity contribution < 1.29 is 18.3 Å². The first-order chi connectivity index (χ1) is 8.70. The molecule has 0 aromatic heterocycles. The minimum Gasteiger partial charge on any atom is -0.393 e. The lowest BCUT2D eigenvalue weighted by atomic mass is 10.2. The van der Waals surface area contributed by atoms with E-state index in [4.69, 9.17) is 10.2 Å². The zero-order chi connectivity index (χ0) is 14.6. The molecule has 1 rings (SSSR count). The normalized spacial score (nSPS) is 13.1. The van der Waals surface area contributed by atoms with Crippen molar-refractivity contribution in [3.63, 3.8) is 0 Å². The Labute approximate surface area is 112 Å². The number of rotatable bonds is 5. The summed E-state index contributed by atoms with van der Waals surface area (Å²) in [7, 11) is -3.81. The standard InChI is InChI=1S/C12H18N2O4S/c1-8-3-5-10(7-11(8)19(13,17)18)14-12(16)6-4-9(2)15/h3,5,7,9,15H,4,6H2,1-2H3,(H,14,16)(H2,13,17,18). The van der Waals surface area contributed by atoms with Crippen LogP contribution in [-0.2, 0) is 14.8 Å². The number of hydrogen-bond donors (Lipinski definition) is 3. The molecule has 0 radical (unpaired) electrons. The number of anilines is 1. The summed E-state index contributed by atoms with van der Waals surface area (Å²) in [5.74, 6) is -0.287. The van der Waals surface area contributed by atoms with Gasteiger partial charge in [-0.2, -0.15) is 0 Å². The molecule has 4 N–H and O–H groups in total. The van der Waals surface area contributed by atoms with Gasteiger partial charge in [-0.25, -0.2) is 13.6 Å². The number of carbonyl (C=O) groups excluding carboxylic acids is 1. The van der Waals surface area contributed by atoms with Gasteiger partial charge in [0.2, 0.25) is 15.9 Å². The van der Waals surface area contributed by atoms with Crippen molar-refractivity contribution >= 4 is 21.6 Å². The maximum Gasteiger partial charge on any atom is 0.238 e. The molecule has 1 unspecified atom stereocenters. The topological polar surface area (TPSA) is 109 Å². The molecule has 0 heterocycles. The molecule has 0 saturated carbocycles. The molecule has 0 aliphatic heterocycles. The highest BCUT2D eigenvalue weighted by Crippen LogP contribution is 2.19. The Balaban J connectivity index is 2.84. The van der Waals surface area contributed by atoms with Gasteiger partial charge in [-0.3, -0.25) is 4.79 Å². The fraction of sp³-hybridized carbons (Fsp3) is 0.417. The highest BCUT2D eigenvalue weighted by atomic mass is 32.2. The lowest BCUT2D eigenvalue weighted by Crippen LogP contribution is -2.16. The van der Waals surface area contributed by atoms with Crippen LogP contribution in [0.4, 0.5) is 5.69 Å². The second-order valence-corrected chi connectivity index (χ2v) is 5.99. The van der Waals surface area contributed by atoms with Gasteiger partial charge < -0.3 is 10.4 Å². The Morgan fingerprint density at radius 2 is 2.11 bits per heavy atom. The van der Waals surface area contributed by atoms with Gasteiger partial charge in [-0.05, 0) is 38.0 Å². The minimum absolute atomic E-state index is 0.0131. The fourth-order valence-corrected chi connectivity index (χ4v) is 2.36. The number of nitrogens with one attached hydrogen (secondary N) is 1. The Bertz CT molecular complexity index is 567. The van der Waals surface area contributed by atoms with Gasteiger partial charge in [0, 0.05) is 12.1 Å². The first-order valence-electron chi connectivity index (χ1n) is 5.81. The van der Waals surface area contributed by atoms with Gasteiger partial charge in [0.05, 0.1) is 11.0 Å². The Morgan fingerprint density at radius 3 is 2.63 bits per heavy atom. The number of aliphatic hydroxyl groups excluding tert-OH is 1. The lowest BCUT2D eigenvalue weighted by molar-refractivity contribution is -0.116. The second kappa shape index (κ2) is 6.14. The molecular formula is C12H18N2O4S. The van der Waals surface area contributed by atoms with E-state index in [2.05, 4.69) is 5.32 Å². The van der Waals surface area contributed by atoms with Crippen molar-refractivity contribution in [2.75, 3.05) is 5.32 Å². The van der Waals surface area contributed by atoms with E-state index in [1.54, 1.807) is 26.0 Å². The van der Waals surface area contributed by atoms with Crippen molar-refractivity contribution in [3.05, 3.63) is 23.8 Å². The number of aryl methyl sites for hydroxylation is 1. The van der Waals surface area contributed by atoms with E-state index in [1.165, 1.54) is 6.07 Å². The quantitative estimate of drug-likeness (QED) is 0.741. The minimum atomic E-state index is -3.81. The molecule has 19 heavy (non-hydrogen) atoms. The Kier molecular flexibility index (Phi) is 5.04. The molecule has 1 aromatic rings. The summed E-state index contributed by atoms with van der Waals surface area (Å²) in [5, 5.41) is 16.7. The van der Waals surface area contributed by atoms with Crippen molar-refractivity contribution in [2.24, 2.45) is 5.14 Å². The molecule has 6 nitrogen and oxygen atoms in total. The van der Waals surface area contributed by atoms with Crippen LogP contribution in [0.5, 0.6) is 0 Å². The van der Waals surface area contributed by atoms with Crippen LogP contribution in [0.1, 0.15) is 25.3 Å². The predicted molar refractivity (Wildman–Crippen MR) is 72.1 cm³/mol. The Morgan fingerprint density at radius 1 is 1.47 bits per heavy atom. The van der Waals surface area contributed by atoms with E-state index >= 15 is 0 Å². The number of carbonyl (C=O) groups is 1. The fourth-order valence-electron chi connectivity index (χ4n) is 1.55. The molecule has 0 aliphatic carbocycles. The molecular weight excluding hydrogens is 268 g/mol. The number of sulfonamides is 1. The highest BCUT2D eigenvalue weighted by molar-refractivity contribution is 7.89. The molecule has 0 aliphatic rings. The summed E-state index contributed by atoms with van der Waals surface area (Å²) >= 11 is 0. The van der Waals surface area contributed by atoms with Crippen molar-refractivity contribution in [2.45, 2.75) is 37.7 Å². The molecule has 1 amide bonds. The number of primary sulfonamides is 1. The third-order valence-corrected chi connectivity index (χ3v) is 3.62. The third-order valence-electron chi connectivity index (χ3n) is 2.57. The van der Waals surface area contributed by atoms with Crippen LogP contribution in [0.25, 0.3) is 0 Å². The van der Waals surface area contributed by atoms with E-state index < -0.39 is 16.1 Å². The van der Waals surface area contributed by atoms with E-state index in [0.717, 1.165) is 0 Å². The average Bonchev–Trinajstić information content (AvgIpc) is 2.27. The van der Waals surface area contributed by atoms with Crippen LogP contribution >= 0.6 is 0 Å². The SMILES string of the molecule is Cc1ccc(NC(=O)CCC(C)O)cc1S(N)(=O)=O. The van der Waals surface area contributed by atoms with Gasteiger partial charge in [-0.1, -0.05) is 6.07 Å². The molecule has 0 spiro atoms. The lowest BCUT2D eigenvalue weighted by Gasteiger charge is -2.09. The van der Waals surface area contributed by atoms with Gasteiger partial charge in [-0.15, -0.1) is 0 Å². The number of benzene rings is 1. The molecule has 0 saturated heterocycles. The molecule has 1 aromatic carbocycles. The number of hydrogen-bond acceptors (Lipinski definition) is 4. The van der Waals surface area contributed by atoms with Crippen molar-refractivity contribution in [3.8, 4) is 0 Å². The van der Waals surface area contributed by atoms with Gasteiger partial charge in [0.15, 0.2) is 0 Å². The van der Waals surface area contributed by atoms with Crippen LogP contribution in [0.2, 0.25) is 0 Å². The Hall–Kier alpha value is -1.44. The maximum absolute atomic E-state index is 11.6. The molecule has 1 atom stereocenters. The smallest absolute Gasteiger partial charge is 0.238 e. The second-order valence-electron chi connectivity index (χ2n) is 4.46. The van der Waals surface area contributed by atoms with Crippen LogP contribution in [0.3, 0.4) is 0 Å². The van der Waals surface area contributed by atoms with Crippen LogP contribution in [-0.4, -0.2) is 25.5 Å². The summed E-state index contributed by atoms with van der Waals surface area (Å²) in [4.78, 5) is 11.5. The largest absolute Gasteiger partial charge is 0.393 e. The van der Waals surface area contributed by atoms with Gasteiger partial charge in [0.25, 0.3) is 0 Å². The summed E-state index contributed by atoms with van der Waals surface area (Å²) < 4.78 is 22.7. The molecule has 0 bridgehead atoms. The number of nitrogens with two attached hydrogens (primary N) is 1. The van der Waals surface area contributed by atoms with E-state index in [1.807, 2.05) is 0 Å². The van der Waals surface area contributed by atoms with E-state index in [0.29, 0.717) is 17.7 Å². The highest BCUT2D eigenvalue weighted by Gasteiger charge is 2.13. The van der Waals surface area contributed by atoms with E-state index in [-0.39, 0.29) is 17.2 Å². The summed E-state index contributed by atoms with van der Waals surface area (Å²) in [6.07, 6.45) is -0.0422. The maximum atomic E-state index is 11.6. The molecule has 0 fully saturated rings. The summed E-state index contributed by atoms with van der Waals surface area (Å²) in [6, 6.07) is 4.50.